The fourth-order valence-corrected chi connectivity index (χ4v) is 1.06. The van der Waals surface area contributed by atoms with Crippen LogP contribution in [0.4, 0.5) is 0 Å². The highest BCUT2D eigenvalue weighted by Gasteiger charge is 2.40. The van der Waals surface area contributed by atoms with Crippen LogP contribution >= 0.6 is 0 Å². The fraction of sp³-hybridized carbons (Fsp3) is 0.833. The standard InChI is InChI=1S/C6H11NO5/c7-6(11)5-4(10)3(9)2(8)1-12-5/h2-5,8-10H,1H2,(H2,7,11)/t2-,3-,4+,5+/m0/s1. The van der Waals surface area contributed by atoms with E-state index >= 15 is 0 Å². The number of aliphatic hydroxyl groups is 3. The summed E-state index contributed by atoms with van der Waals surface area (Å²) in [5.74, 6) is -0.853. The molecule has 1 aliphatic heterocycles. The number of nitrogens with two attached hydrogens (primary N) is 1. The molecule has 1 aliphatic rings. The van der Waals surface area contributed by atoms with Crippen molar-refractivity contribution in [2.45, 2.75) is 24.4 Å². The van der Waals surface area contributed by atoms with Crippen molar-refractivity contribution < 1.29 is 24.9 Å². The molecule has 12 heavy (non-hydrogen) atoms. The molecule has 5 N–H and O–H groups in total. The molecule has 1 saturated heterocycles. The Morgan fingerprint density at radius 3 is 2.42 bits per heavy atom. The minimum absolute atomic E-state index is 0.203. The number of rotatable bonds is 1. The Kier molecular flexibility index (Phi) is 2.63. The van der Waals surface area contributed by atoms with Crippen molar-refractivity contribution in [2.24, 2.45) is 5.73 Å². The zero-order chi connectivity index (χ0) is 9.30. The van der Waals surface area contributed by atoms with E-state index in [1.54, 1.807) is 0 Å². The highest BCUT2D eigenvalue weighted by Crippen LogP contribution is 2.14. The summed E-state index contributed by atoms with van der Waals surface area (Å²) in [4.78, 5) is 10.6. The number of hydrogen-bond acceptors (Lipinski definition) is 5. The molecular weight excluding hydrogens is 166 g/mol. The van der Waals surface area contributed by atoms with Gasteiger partial charge in [-0.15, -0.1) is 0 Å². The van der Waals surface area contributed by atoms with Crippen molar-refractivity contribution in [1.29, 1.82) is 0 Å². The van der Waals surface area contributed by atoms with Gasteiger partial charge in [-0.05, 0) is 0 Å². The molecule has 6 heteroatoms. The predicted octanol–water partition coefficient (Wildman–Crippen LogP) is -3.05. The number of carbonyl (C=O) groups excluding carboxylic acids is 1. The van der Waals surface area contributed by atoms with Crippen molar-refractivity contribution >= 4 is 5.91 Å². The van der Waals surface area contributed by atoms with Gasteiger partial charge in [0.1, 0.15) is 18.3 Å². The molecule has 0 aliphatic carbocycles. The Hall–Kier alpha value is -0.690. The number of carbonyl (C=O) groups is 1. The van der Waals surface area contributed by atoms with Gasteiger partial charge in [-0.1, -0.05) is 0 Å². The second kappa shape index (κ2) is 3.36. The number of amides is 1. The lowest BCUT2D eigenvalue weighted by Crippen LogP contribution is -2.57. The van der Waals surface area contributed by atoms with Gasteiger partial charge >= 0.3 is 0 Å². The van der Waals surface area contributed by atoms with E-state index in [2.05, 4.69) is 0 Å². The Labute approximate surface area is 68.6 Å². The zero-order valence-corrected chi connectivity index (χ0v) is 6.25. The molecule has 0 aromatic rings. The van der Waals surface area contributed by atoms with E-state index < -0.39 is 30.3 Å². The van der Waals surface area contributed by atoms with Crippen LogP contribution in [-0.2, 0) is 9.53 Å². The molecule has 1 rings (SSSR count). The normalized spacial score (nSPS) is 42.6. The number of ether oxygens (including phenoxy) is 1. The van der Waals surface area contributed by atoms with Crippen molar-refractivity contribution in [3.63, 3.8) is 0 Å². The molecule has 1 heterocycles. The molecule has 1 amide bonds. The van der Waals surface area contributed by atoms with E-state index in [9.17, 15) is 4.79 Å². The van der Waals surface area contributed by atoms with Gasteiger partial charge in [0, 0.05) is 0 Å². The van der Waals surface area contributed by atoms with Crippen LogP contribution in [0.15, 0.2) is 0 Å². The molecule has 4 atom stereocenters. The first-order valence-electron chi connectivity index (χ1n) is 3.49. The van der Waals surface area contributed by atoms with Gasteiger partial charge in [0.15, 0.2) is 6.10 Å². The van der Waals surface area contributed by atoms with E-state index in [1.165, 1.54) is 0 Å². The third kappa shape index (κ3) is 1.56. The van der Waals surface area contributed by atoms with E-state index in [0.717, 1.165) is 0 Å². The molecule has 0 spiro atoms. The molecule has 0 unspecified atom stereocenters. The predicted molar refractivity (Wildman–Crippen MR) is 37.0 cm³/mol. The van der Waals surface area contributed by atoms with E-state index in [0.29, 0.717) is 0 Å². The van der Waals surface area contributed by atoms with Crippen LogP contribution in [0, 0.1) is 0 Å². The molecule has 1 fully saturated rings. The minimum atomic E-state index is -1.45. The second-order valence-electron chi connectivity index (χ2n) is 2.70. The lowest BCUT2D eigenvalue weighted by atomic mass is 10.00. The Balaban J connectivity index is 2.65. The molecule has 70 valence electrons. The molecule has 6 nitrogen and oxygen atoms in total. The van der Waals surface area contributed by atoms with E-state index in [-0.39, 0.29) is 6.61 Å². The van der Waals surface area contributed by atoms with Crippen molar-refractivity contribution in [1.82, 2.24) is 0 Å². The monoisotopic (exact) mass is 177 g/mol. The fourth-order valence-electron chi connectivity index (χ4n) is 1.06. The second-order valence-corrected chi connectivity index (χ2v) is 2.70. The van der Waals surface area contributed by atoms with Gasteiger partial charge < -0.3 is 25.8 Å². The Bertz CT molecular complexity index is 185. The van der Waals surface area contributed by atoms with Crippen LogP contribution in [0.3, 0.4) is 0 Å². The SMILES string of the molecule is NC(=O)[C@@H]1OC[C@H](O)[C@H](O)[C@H]1O. The van der Waals surface area contributed by atoms with Gasteiger partial charge in [-0.3, -0.25) is 4.79 Å². The minimum Gasteiger partial charge on any atom is -0.388 e. The molecule has 0 saturated carbocycles. The van der Waals surface area contributed by atoms with Crippen molar-refractivity contribution in [2.75, 3.05) is 6.61 Å². The summed E-state index contributed by atoms with van der Waals surface area (Å²) in [5, 5.41) is 27.2. The largest absolute Gasteiger partial charge is 0.388 e. The van der Waals surface area contributed by atoms with Gasteiger partial charge in [0.2, 0.25) is 5.91 Å². The summed E-state index contributed by atoms with van der Waals surface area (Å²) in [6.45, 7) is -0.203. The summed E-state index contributed by atoms with van der Waals surface area (Å²) in [6, 6.07) is 0. The summed E-state index contributed by atoms with van der Waals surface area (Å²) in [6.07, 6.45) is -5.23. The summed E-state index contributed by atoms with van der Waals surface area (Å²) in [7, 11) is 0. The maximum absolute atomic E-state index is 10.6. The van der Waals surface area contributed by atoms with Gasteiger partial charge in [-0.2, -0.15) is 0 Å². The first-order chi connectivity index (χ1) is 5.54. The molecule has 0 radical (unpaired) electrons. The van der Waals surface area contributed by atoms with Crippen LogP contribution < -0.4 is 5.73 Å². The van der Waals surface area contributed by atoms with E-state index in [1.807, 2.05) is 0 Å². The maximum Gasteiger partial charge on any atom is 0.249 e. The quantitative estimate of drug-likeness (QED) is 0.340. The summed E-state index contributed by atoms with van der Waals surface area (Å²) in [5.41, 5.74) is 4.85. The van der Waals surface area contributed by atoms with Crippen LogP contribution in [0.25, 0.3) is 0 Å². The van der Waals surface area contributed by atoms with Crippen LogP contribution in [0.1, 0.15) is 0 Å². The van der Waals surface area contributed by atoms with E-state index in [4.69, 9.17) is 25.8 Å². The number of hydrogen-bond donors (Lipinski definition) is 4. The lowest BCUT2D eigenvalue weighted by Gasteiger charge is -2.33. The topological polar surface area (TPSA) is 113 Å². The molecular formula is C6H11NO5. The highest BCUT2D eigenvalue weighted by molar-refractivity contribution is 5.79. The van der Waals surface area contributed by atoms with Crippen LogP contribution in [0.5, 0.6) is 0 Å². The van der Waals surface area contributed by atoms with Crippen molar-refractivity contribution in [3.05, 3.63) is 0 Å². The van der Waals surface area contributed by atoms with Crippen LogP contribution in [0.2, 0.25) is 0 Å². The average Bonchev–Trinajstić information content (AvgIpc) is 2.00. The summed E-state index contributed by atoms with van der Waals surface area (Å²) >= 11 is 0. The lowest BCUT2D eigenvalue weighted by molar-refractivity contribution is -0.190. The van der Waals surface area contributed by atoms with Gasteiger partial charge in [0.25, 0.3) is 0 Å². The Morgan fingerprint density at radius 2 is 1.92 bits per heavy atom. The van der Waals surface area contributed by atoms with Gasteiger partial charge in [-0.25, -0.2) is 0 Å². The molecule has 0 aromatic carbocycles. The third-order valence-corrected chi connectivity index (χ3v) is 1.78. The first kappa shape index (κ1) is 9.40. The third-order valence-electron chi connectivity index (χ3n) is 1.78. The number of primary amides is 1. The molecule has 0 bridgehead atoms. The van der Waals surface area contributed by atoms with Crippen molar-refractivity contribution in [3.8, 4) is 0 Å². The zero-order valence-electron chi connectivity index (χ0n) is 6.25. The Morgan fingerprint density at radius 1 is 1.33 bits per heavy atom. The van der Waals surface area contributed by atoms with Crippen LogP contribution in [-0.4, -0.2) is 52.2 Å². The number of aliphatic hydroxyl groups excluding tert-OH is 3. The van der Waals surface area contributed by atoms with Gasteiger partial charge in [0.05, 0.1) is 6.61 Å². The first-order valence-corrected chi connectivity index (χ1v) is 3.49. The molecule has 0 aromatic heterocycles. The smallest absolute Gasteiger partial charge is 0.249 e. The average molecular weight is 177 g/mol. The maximum atomic E-state index is 10.6. The highest BCUT2D eigenvalue weighted by atomic mass is 16.5. The summed E-state index contributed by atoms with van der Waals surface area (Å²) < 4.78 is 4.70.